The molecular weight excluding hydrogens is 312 g/mol. The molecule has 1 N–H and O–H groups in total. The van der Waals surface area contributed by atoms with E-state index in [1.54, 1.807) is 6.20 Å². The van der Waals surface area contributed by atoms with Crippen molar-refractivity contribution in [2.45, 2.75) is 33.7 Å². The van der Waals surface area contributed by atoms with Gasteiger partial charge in [0.05, 0.1) is 5.69 Å². The zero-order valence-corrected chi connectivity index (χ0v) is 14.8. The van der Waals surface area contributed by atoms with Crippen LogP contribution in [0.5, 0.6) is 0 Å². The van der Waals surface area contributed by atoms with Crippen molar-refractivity contribution in [1.29, 1.82) is 0 Å². The quantitative estimate of drug-likeness (QED) is 0.770. The molecule has 1 amide bonds. The Morgan fingerprint density at radius 3 is 2.40 bits per heavy atom. The summed E-state index contributed by atoms with van der Waals surface area (Å²) in [6.45, 7) is 6.51. The van der Waals surface area contributed by atoms with Crippen LogP contribution in [0.4, 0.5) is 5.69 Å². The van der Waals surface area contributed by atoms with Crippen LogP contribution in [-0.4, -0.2) is 20.7 Å². The van der Waals surface area contributed by atoms with Crippen molar-refractivity contribution < 1.29 is 4.79 Å². The van der Waals surface area contributed by atoms with Crippen LogP contribution in [0.15, 0.2) is 48.7 Å². The monoisotopic (exact) mass is 334 g/mol. The Morgan fingerprint density at radius 1 is 1.00 bits per heavy atom. The smallest absolute Gasteiger partial charge is 0.226 e. The molecule has 25 heavy (non-hydrogen) atoms. The lowest BCUT2D eigenvalue weighted by Crippen LogP contribution is -2.15. The van der Waals surface area contributed by atoms with Gasteiger partial charge in [-0.25, -0.2) is 0 Å². The van der Waals surface area contributed by atoms with E-state index < -0.39 is 0 Å². The van der Waals surface area contributed by atoms with Crippen LogP contribution < -0.4 is 5.32 Å². The summed E-state index contributed by atoms with van der Waals surface area (Å²) in [4.78, 5) is 16.4. The van der Waals surface area contributed by atoms with Crippen molar-refractivity contribution in [3.8, 4) is 11.1 Å². The number of rotatable bonds is 5. The standard InChI is InChI=1S/C20H22N4O/c1-14-13-18(8-10-21-14)17-4-6-19(7-5-17)22-20(25)9-11-24-16(3)12-15(2)23-24/h4-8,10,12-13H,9,11H2,1-3H3,(H,22,25). The summed E-state index contributed by atoms with van der Waals surface area (Å²) < 4.78 is 1.86. The largest absolute Gasteiger partial charge is 0.326 e. The molecule has 128 valence electrons. The minimum Gasteiger partial charge on any atom is -0.326 e. The van der Waals surface area contributed by atoms with E-state index >= 15 is 0 Å². The van der Waals surface area contributed by atoms with Crippen LogP contribution in [0.2, 0.25) is 0 Å². The van der Waals surface area contributed by atoms with E-state index in [-0.39, 0.29) is 5.91 Å². The molecule has 0 bridgehead atoms. The fourth-order valence-electron chi connectivity index (χ4n) is 2.80. The van der Waals surface area contributed by atoms with Crippen LogP contribution in [0.1, 0.15) is 23.5 Å². The molecule has 5 heteroatoms. The molecule has 3 rings (SSSR count). The average molecular weight is 334 g/mol. The van der Waals surface area contributed by atoms with Gasteiger partial charge in [0.25, 0.3) is 0 Å². The van der Waals surface area contributed by atoms with Crippen LogP contribution in [0.25, 0.3) is 11.1 Å². The maximum absolute atomic E-state index is 12.1. The molecule has 0 saturated heterocycles. The van der Waals surface area contributed by atoms with Gasteiger partial charge in [0.2, 0.25) is 5.91 Å². The number of anilines is 1. The first kappa shape index (κ1) is 16.9. The third kappa shape index (κ3) is 4.32. The molecule has 0 aliphatic carbocycles. The van der Waals surface area contributed by atoms with E-state index in [2.05, 4.69) is 15.4 Å². The number of nitrogens with zero attached hydrogens (tertiary/aromatic N) is 3. The predicted molar refractivity (Wildman–Crippen MR) is 99.4 cm³/mol. The Labute approximate surface area is 147 Å². The van der Waals surface area contributed by atoms with Crippen molar-refractivity contribution in [3.05, 3.63) is 65.7 Å². The van der Waals surface area contributed by atoms with E-state index in [9.17, 15) is 4.79 Å². The van der Waals surface area contributed by atoms with Gasteiger partial charge in [-0.2, -0.15) is 5.10 Å². The third-order valence-corrected chi connectivity index (χ3v) is 4.05. The van der Waals surface area contributed by atoms with Crippen LogP contribution >= 0.6 is 0 Å². The summed E-state index contributed by atoms with van der Waals surface area (Å²) in [7, 11) is 0. The van der Waals surface area contributed by atoms with Crippen LogP contribution in [0, 0.1) is 20.8 Å². The van der Waals surface area contributed by atoms with Gasteiger partial charge in [0.15, 0.2) is 0 Å². The summed E-state index contributed by atoms with van der Waals surface area (Å²) in [5.74, 6) is -0.0138. The van der Waals surface area contributed by atoms with E-state index in [1.165, 1.54) is 0 Å². The zero-order valence-electron chi connectivity index (χ0n) is 14.8. The minimum atomic E-state index is -0.0138. The van der Waals surface area contributed by atoms with Gasteiger partial charge in [-0.3, -0.25) is 14.5 Å². The van der Waals surface area contributed by atoms with Crippen LogP contribution in [0.3, 0.4) is 0 Å². The predicted octanol–water partition coefficient (Wildman–Crippen LogP) is 3.90. The first-order chi connectivity index (χ1) is 12.0. The normalized spacial score (nSPS) is 10.7. The lowest BCUT2D eigenvalue weighted by atomic mass is 10.1. The molecule has 3 aromatic rings. The van der Waals surface area contributed by atoms with E-state index in [0.717, 1.165) is 33.9 Å². The second kappa shape index (κ2) is 7.30. The van der Waals surface area contributed by atoms with Gasteiger partial charge in [-0.05, 0) is 62.2 Å². The fourth-order valence-corrected chi connectivity index (χ4v) is 2.80. The van der Waals surface area contributed by atoms with Crippen molar-refractivity contribution in [1.82, 2.24) is 14.8 Å². The van der Waals surface area contributed by atoms with Gasteiger partial charge < -0.3 is 5.32 Å². The number of amides is 1. The Bertz CT molecular complexity index is 881. The highest BCUT2D eigenvalue weighted by molar-refractivity contribution is 5.90. The second-order valence-electron chi connectivity index (χ2n) is 6.21. The number of nitrogens with one attached hydrogen (secondary N) is 1. The zero-order chi connectivity index (χ0) is 17.8. The number of carbonyl (C=O) groups is 1. The summed E-state index contributed by atoms with van der Waals surface area (Å²) >= 11 is 0. The van der Waals surface area contributed by atoms with Crippen molar-refractivity contribution in [2.75, 3.05) is 5.32 Å². The lowest BCUT2D eigenvalue weighted by Gasteiger charge is -2.08. The maximum Gasteiger partial charge on any atom is 0.226 e. The summed E-state index contributed by atoms with van der Waals surface area (Å²) in [5.41, 5.74) is 6.05. The molecule has 0 fully saturated rings. The van der Waals surface area contributed by atoms with E-state index in [1.807, 2.05) is 67.9 Å². The van der Waals surface area contributed by atoms with E-state index in [4.69, 9.17) is 0 Å². The topological polar surface area (TPSA) is 59.8 Å². The molecule has 0 unspecified atom stereocenters. The Kier molecular flexibility index (Phi) is 4.93. The number of aryl methyl sites for hydroxylation is 4. The fraction of sp³-hybridized carbons (Fsp3) is 0.250. The third-order valence-electron chi connectivity index (χ3n) is 4.05. The van der Waals surface area contributed by atoms with Crippen molar-refractivity contribution >= 4 is 11.6 Å². The molecule has 2 aromatic heterocycles. The first-order valence-corrected chi connectivity index (χ1v) is 8.35. The highest BCUT2D eigenvalue weighted by Gasteiger charge is 2.06. The number of carbonyl (C=O) groups excluding carboxylic acids is 1. The molecule has 0 spiro atoms. The van der Waals surface area contributed by atoms with Gasteiger partial charge in [0.1, 0.15) is 0 Å². The number of benzene rings is 1. The molecule has 0 radical (unpaired) electrons. The highest BCUT2D eigenvalue weighted by Crippen LogP contribution is 2.21. The molecule has 1 aromatic carbocycles. The molecule has 5 nitrogen and oxygen atoms in total. The summed E-state index contributed by atoms with van der Waals surface area (Å²) in [5, 5.41) is 7.31. The van der Waals surface area contributed by atoms with Gasteiger partial charge in [-0.15, -0.1) is 0 Å². The van der Waals surface area contributed by atoms with Gasteiger partial charge in [-0.1, -0.05) is 12.1 Å². The van der Waals surface area contributed by atoms with Gasteiger partial charge in [0, 0.05) is 36.2 Å². The number of pyridine rings is 1. The lowest BCUT2D eigenvalue weighted by molar-refractivity contribution is -0.116. The Morgan fingerprint density at radius 2 is 1.76 bits per heavy atom. The van der Waals surface area contributed by atoms with Crippen molar-refractivity contribution in [3.63, 3.8) is 0 Å². The van der Waals surface area contributed by atoms with E-state index in [0.29, 0.717) is 13.0 Å². The second-order valence-corrected chi connectivity index (χ2v) is 6.21. The first-order valence-electron chi connectivity index (χ1n) is 8.35. The number of aromatic nitrogens is 3. The molecule has 0 aliphatic heterocycles. The molecule has 0 aliphatic rings. The van der Waals surface area contributed by atoms with Crippen molar-refractivity contribution in [2.24, 2.45) is 0 Å². The number of hydrogen-bond donors (Lipinski definition) is 1. The average Bonchev–Trinajstić information content (AvgIpc) is 2.91. The molecular formula is C20H22N4O. The van der Waals surface area contributed by atoms with Gasteiger partial charge >= 0.3 is 0 Å². The van der Waals surface area contributed by atoms with Crippen LogP contribution in [-0.2, 0) is 11.3 Å². The SMILES string of the molecule is Cc1cc(-c2ccc(NC(=O)CCn3nc(C)cc3C)cc2)ccn1. The maximum atomic E-state index is 12.1. The minimum absolute atomic E-state index is 0.0138. The Hall–Kier alpha value is -2.95. The summed E-state index contributed by atoms with van der Waals surface area (Å²) in [6.07, 6.45) is 2.20. The molecule has 0 atom stereocenters. The highest BCUT2D eigenvalue weighted by atomic mass is 16.1. The molecule has 2 heterocycles. The molecule has 0 saturated carbocycles. The summed E-state index contributed by atoms with van der Waals surface area (Å²) in [6, 6.07) is 13.9. The number of hydrogen-bond acceptors (Lipinski definition) is 3. The Balaban J connectivity index is 1.59.